The molecule has 3 rings (SSSR count). The van der Waals surface area contributed by atoms with Gasteiger partial charge in [0.2, 0.25) is 0 Å². The predicted octanol–water partition coefficient (Wildman–Crippen LogP) is 2.11. The fraction of sp³-hybridized carbons (Fsp3) is 0.500. The number of aromatic nitrogens is 1. The summed E-state index contributed by atoms with van der Waals surface area (Å²) in [6.45, 7) is 4.70. The van der Waals surface area contributed by atoms with Crippen molar-refractivity contribution in [3.05, 3.63) is 30.0 Å². The van der Waals surface area contributed by atoms with Crippen molar-refractivity contribution in [2.24, 2.45) is 0 Å². The average molecular weight is 273 g/mol. The SMILES string of the molecule is CN(C)CCc1c[nH]c2cccc(N3CCOCC3)c12. The number of anilines is 1. The molecule has 0 atom stereocenters. The predicted molar refractivity (Wildman–Crippen MR) is 83.6 cm³/mol. The smallest absolute Gasteiger partial charge is 0.0642 e. The molecule has 1 aliphatic heterocycles. The van der Waals surface area contributed by atoms with E-state index in [-0.39, 0.29) is 0 Å². The molecule has 0 unspecified atom stereocenters. The lowest BCUT2D eigenvalue weighted by molar-refractivity contribution is 0.123. The third-order valence-corrected chi connectivity index (χ3v) is 3.95. The van der Waals surface area contributed by atoms with Crippen LogP contribution in [0.25, 0.3) is 10.9 Å². The summed E-state index contributed by atoms with van der Waals surface area (Å²) in [5.74, 6) is 0. The average Bonchev–Trinajstić information content (AvgIpc) is 2.89. The first-order valence-electron chi connectivity index (χ1n) is 7.32. The van der Waals surface area contributed by atoms with Crippen LogP contribution in [0.3, 0.4) is 0 Å². The standard InChI is InChI=1S/C16H23N3O/c1-18(2)7-6-13-12-17-14-4-3-5-15(16(13)14)19-8-10-20-11-9-19/h3-5,12,17H,6-11H2,1-2H3. The normalized spacial score (nSPS) is 16.2. The van der Waals surface area contributed by atoms with Crippen LogP contribution in [-0.2, 0) is 11.2 Å². The van der Waals surface area contributed by atoms with Crippen LogP contribution in [0.1, 0.15) is 5.56 Å². The summed E-state index contributed by atoms with van der Waals surface area (Å²) in [4.78, 5) is 8.09. The molecule has 1 aromatic carbocycles. The van der Waals surface area contributed by atoms with Crippen molar-refractivity contribution in [1.82, 2.24) is 9.88 Å². The highest BCUT2D eigenvalue weighted by molar-refractivity contribution is 5.95. The molecule has 0 saturated carbocycles. The van der Waals surface area contributed by atoms with Crippen LogP contribution in [0.2, 0.25) is 0 Å². The summed E-state index contributed by atoms with van der Waals surface area (Å²) >= 11 is 0. The van der Waals surface area contributed by atoms with Crippen molar-refractivity contribution in [3.8, 4) is 0 Å². The molecule has 0 radical (unpaired) electrons. The van der Waals surface area contributed by atoms with Gasteiger partial charge in [-0.05, 0) is 38.2 Å². The summed E-state index contributed by atoms with van der Waals surface area (Å²) in [6, 6.07) is 6.54. The molecule has 1 aliphatic rings. The summed E-state index contributed by atoms with van der Waals surface area (Å²) in [7, 11) is 4.25. The quantitative estimate of drug-likeness (QED) is 0.926. The second-order valence-corrected chi connectivity index (χ2v) is 5.67. The van der Waals surface area contributed by atoms with Gasteiger partial charge in [-0.2, -0.15) is 0 Å². The van der Waals surface area contributed by atoms with Crippen molar-refractivity contribution in [1.29, 1.82) is 0 Å². The highest BCUT2D eigenvalue weighted by atomic mass is 16.5. The van der Waals surface area contributed by atoms with Crippen LogP contribution in [-0.4, -0.2) is 56.8 Å². The van der Waals surface area contributed by atoms with E-state index in [1.54, 1.807) is 0 Å². The van der Waals surface area contributed by atoms with Crippen molar-refractivity contribution < 1.29 is 4.74 Å². The third kappa shape index (κ3) is 2.67. The van der Waals surface area contributed by atoms with Crippen LogP contribution < -0.4 is 4.90 Å². The van der Waals surface area contributed by atoms with E-state index in [1.165, 1.54) is 22.2 Å². The fourth-order valence-corrected chi connectivity index (χ4v) is 2.84. The molecular formula is C16H23N3O. The molecule has 0 amide bonds. The van der Waals surface area contributed by atoms with Crippen LogP contribution in [0.5, 0.6) is 0 Å². The lowest BCUT2D eigenvalue weighted by Gasteiger charge is -2.29. The van der Waals surface area contributed by atoms with Crippen molar-refractivity contribution >= 4 is 16.6 Å². The Morgan fingerprint density at radius 1 is 1.25 bits per heavy atom. The zero-order valence-corrected chi connectivity index (χ0v) is 12.4. The van der Waals surface area contributed by atoms with Crippen molar-refractivity contribution in [3.63, 3.8) is 0 Å². The maximum atomic E-state index is 5.47. The Bertz CT molecular complexity index is 570. The van der Waals surface area contributed by atoms with Crippen LogP contribution in [0.4, 0.5) is 5.69 Å². The van der Waals surface area contributed by atoms with E-state index in [4.69, 9.17) is 4.74 Å². The first-order valence-corrected chi connectivity index (χ1v) is 7.32. The number of fused-ring (bicyclic) bond motifs is 1. The first kappa shape index (κ1) is 13.5. The number of likely N-dealkylation sites (N-methyl/N-ethyl adjacent to an activating group) is 1. The van der Waals surface area contributed by atoms with Gasteiger partial charge in [0.05, 0.1) is 13.2 Å². The monoisotopic (exact) mass is 273 g/mol. The van der Waals surface area contributed by atoms with Crippen LogP contribution in [0.15, 0.2) is 24.4 Å². The lowest BCUT2D eigenvalue weighted by atomic mass is 10.1. The number of benzene rings is 1. The minimum Gasteiger partial charge on any atom is -0.378 e. The Labute approximate surface area is 120 Å². The molecule has 1 saturated heterocycles. The van der Waals surface area contributed by atoms with Gasteiger partial charge < -0.3 is 19.5 Å². The molecule has 20 heavy (non-hydrogen) atoms. The minimum absolute atomic E-state index is 0.827. The lowest BCUT2D eigenvalue weighted by Crippen LogP contribution is -2.36. The summed E-state index contributed by atoms with van der Waals surface area (Å²) in [6.07, 6.45) is 3.24. The van der Waals surface area contributed by atoms with E-state index in [1.807, 2.05) is 0 Å². The van der Waals surface area contributed by atoms with E-state index >= 15 is 0 Å². The molecule has 2 aromatic rings. The van der Waals surface area contributed by atoms with E-state index in [0.29, 0.717) is 0 Å². The van der Waals surface area contributed by atoms with Crippen molar-refractivity contribution in [2.75, 3.05) is 51.8 Å². The van der Waals surface area contributed by atoms with Gasteiger partial charge in [-0.3, -0.25) is 0 Å². The molecule has 0 bridgehead atoms. The molecule has 2 heterocycles. The number of ether oxygens (including phenoxy) is 1. The van der Waals surface area contributed by atoms with E-state index in [2.05, 4.69) is 53.3 Å². The van der Waals surface area contributed by atoms with Gasteiger partial charge in [0.1, 0.15) is 0 Å². The zero-order chi connectivity index (χ0) is 13.9. The molecular weight excluding hydrogens is 250 g/mol. The number of nitrogens with zero attached hydrogens (tertiary/aromatic N) is 2. The molecule has 4 nitrogen and oxygen atoms in total. The highest BCUT2D eigenvalue weighted by Crippen LogP contribution is 2.30. The van der Waals surface area contributed by atoms with Gasteiger partial charge >= 0.3 is 0 Å². The number of aromatic amines is 1. The molecule has 4 heteroatoms. The topological polar surface area (TPSA) is 31.5 Å². The summed E-state index contributed by atoms with van der Waals surface area (Å²) < 4.78 is 5.47. The number of hydrogen-bond donors (Lipinski definition) is 1. The molecule has 0 spiro atoms. The van der Waals surface area contributed by atoms with Gasteiger partial charge in [0.25, 0.3) is 0 Å². The largest absolute Gasteiger partial charge is 0.378 e. The van der Waals surface area contributed by atoms with Gasteiger partial charge in [-0.25, -0.2) is 0 Å². The van der Waals surface area contributed by atoms with E-state index < -0.39 is 0 Å². The number of rotatable bonds is 4. The third-order valence-electron chi connectivity index (χ3n) is 3.95. The molecule has 0 aliphatic carbocycles. The molecule has 108 valence electrons. The maximum Gasteiger partial charge on any atom is 0.0642 e. The Morgan fingerprint density at radius 2 is 2.05 bits per heavy atom. The molecule has 1 fully saturated rings. The second-order valence-electron chi connectivity index (χ2n) is 5.67. The fourth-order valence-electron chi connectivity index (χ4n) is 2.84. The Morgan fingerprint density at radius 3 is 2.80 bits per heavy atom. The first-order chi connectivity index (χ1) is 9.75. The Kier molecular flexibility index (Phi) is 3.94. The number of nitrogens with one attached hydrogen (secondary N) is 1. The number of hydrogen-bond acceptors (Lipinski definition) is 3. The van der Waals surface area contributed by atoms with Crippen LogP contribution >= 0.6 is 0 Å². The Balaban J connectivity index is 1.95. The maximum absolute atomic E-state index is 5.47. The number of H-pyrrole nitrogens is 1. The second kappa shape index (κ2) is 5.85. The highest BCUT2D eigenvalue weighted by Gasteiger charge is 2.16. The van der Waals surface area contributed by atoms with Gasteiger partial charge in [0, 0.05) is 42.4 Å². The van der Waals surface area contributed by atoms with E-state index in [0.717, 1.165) is 39.3 Å². The van der Waals surface area contributed by atoms with E-state index in [9.17, 15) is 0 Å². The summed E-state index contributed by atoms with van der Waals surface area (Å²) in [5.41, 5.74) is 4.00. The minimum atomic E-state index is 0.827. The number of morpholine rings is 1. The van der Waals surface area contributed by atoms with Gasteiger partial charge in [0.15, 0.2) is 0 Å². The molecule has 1 aromatic heterocycles. The summed E-state index contributed by atoms with van der Waals surface area (Å²) in [5, 5.41) is 1.39. The van der Waals surface area contributed by atoms with Crippen molar-refractivity contribution in [2.45, 2.75) is 6.42 Å². The van der Waals surface area contributed by atoms with Gasteiger partial charge in [-0.15, -0.1) is 0 Å². The van der Waals surface area contributed by atoms with Gasteiger partial charge in [-0.1, -0.05) is 6.07 Å². The zero-order valence-electron chi connectivity index (χ0n) is 12.4. The molecule has 1 N–H and O–H groups in total. The Hall–Kier alpha value is -1.52. The van der Waals surface area contributed by atoms with Crippen LogP contribution in [0, 0.1) is 0 Å².